The smallest absolute Gasteiger partial charge is 0.130 e. The van der Waals surface area contributed by atoms with E-state index < -0.39 is 0 Å². The van der Waals surface area contributed by atoms with Gasteiger partial charge in [0, 0.05) is 15.3 Å². The molecule has 0 aliphatic carbocycles. The Kier molecular flexibility index (Phi) is 4.00. The largest absolute Gasteiger partial charge is 0.206 e. The molecule has 2 rings (SSSR count). The standard InChI is InChI=1S/C14H14BrFS/c1-3-10-7-8-12(17-10)13(15)11-6-4-5-9(2)14(11)16/h4-8,13H,3H2,1-2H3. The number of hydrogen-bond donors (Lipinski definition) is 0. The molecule has 0 aliphatic heterocycles. The van der Waals surface area contributed by atoms with Crippen molar-refractivity contribution < 1.29 is 4.39 Å². The van der Waals surface area contributed by atoms with Crippen LogP contribution in [0.3, 0.4) is 0 Å². The zero-order chi connectivity index (χ0) is 12.4. The lowest BCUT2D eigenvalue weighted by Crippen LogP contribution is -1.96. The van der Waals surface area contributed by atoms with Gasteiger partial charge in [-0.3, -0.25) is 0 Å². The van der Waals surface area contributed by atoms with Crippen LogP contribution in [-0.4, -0.2) is 0 Å². The van der Waals surface area contributed by atoms with Gasteiger partial charge in [0.25, 0.3) is 0 Å². The molecular weight excluding hydrogens is 299 g/mol. The van der Waals surface area contributed by atoms with Crippen LogP contribution in [0.2, 0.25) is 0 Å². The van der Waals surface area contributed by atoms with Gasteiger partial charge >= 0.3 is 0 Å². The van der Waals surface area contributed by atoms with Gasteiger partial charge in [-0.25, -0.2) is 4.39 Å². The van der Waals surface area contributed by atoms with E-state index in [0.717, 1.165) is 16.9 Å². The van der Waals surface area contributed by atoms with Crippen molar-refractivity contribution >= 4 is 27.3 Å². The van der Waals surface area contributed by atoms with Crippen LogP contribution in [-0.2, 0) is 6.42 Å². The zero-order valence-corrected chi connectivity index (χ0v) is 12.2. The highest BCUT2D eigenvalue weighted by Crippen LogP contribution is 2.37. The summed E-state index contributed by atoms with van der Waals surface area (Å²) in [4.78, 5) is 2.44. The van der Waals surface area contributed by atoms with Crippen LogP contribution in [0.15, 0.2) is 30.3 Å². The first-order valence-electron chi connectivity index (χ1n) is 5.61. The SMILES string of the molecule is CCc1ccc(C(Br)c2cccc(C)c2F)s1. The first-order valence-corrected chi connectivity index (χ1v) is 7.34. The summed E-state index contributed by atoms with van der Waals surface area (Å²) in [5, 5.41) is 0. The molecule has 0 saturated heterocycles. The van der Waals surface area contributed by atoms with Crippen molar-refractivity contribution in [1.29, 1.82) is 0 Å². The van der Waals surface area contributed by atoms with E-state index in [1.807, 2.05) is 12.1 Å². The summed E-state index contributed by atoms with van der Waals surface area (Å²) in [7, 11) is 0. The Balaban J connectivity index is 2.36. The summed E-state index contributed by atoms with van der Waals surface area (Å²) in [5.41, 5.74) is 1.41. The van der Waals surface area contributed by atoms with Crippen LogP contribution in [0.5, 0.6) is 0 Å². The predicted molar refractivity (Wildman–Crippen MR) is 75.6 cm³/mol. The summed E-state index contributed by atoms with van der Waals surface area (Å²) in [6.07, 6.45) is 1.03. The molecule has 0 aliphatic rings. The van der Waals surface area contributed by atoms with Crippen LogP contribution < -0.4 is 0 Å². The highest BCUT2D eigenvalue weighted by molar-refractivity contribution is 9.09. The Morgan fingerprint density at radius 1 is 1.29 bits per heavy atom. The summed E-state index contributed by atoms with van der Waals surface area (Å²) in [5.74, 6) is -0.110. The molecule has 2 aromatic rings. The number of benzene rings is 1. The average molecular weight is 313 g/mol. The number of aryl methyl sites for hydroxylation is 2. The molecule has 0 nitrogen and oxygen atoms in total. The fourth-order valence-electron chi connectivity index (χ4n) is 1.74. The minimum Gasteiger partial charge on any atom is -0.206 e. The first-order chi connectivity index (χ1) is 8.13. The third-order valence-corrected chi connectivity index (χ3v) is 5.36. The van der Waals surface area contributed by atoms with E-state index >= 15 is 0 Å². The molecule has 0 N–H and O–H groups in total. The second-order valence-electron chi connectivity index (χ2n) is 4.00. The van der Waals surface area contributed by atoms with Gasteiger partial charge in [-0.05, 0) is 31.0 Å². The van der Waals surface area contributed by atoms with Gasteiger partial charge in [0.15, 0.2) is 0 Å². The van der Waals surface area contributed by atoms with E-state index in [0.29, 0.717) is 5.56 Å². The Morgan fingerprint density at radius 2 is 2.06 bits per heavy atom. The minimum absolute atomic E-state index is 0.0484. The van der Waals surface area contributed by atoms with E-state index in [1.54, 1.807) is 24.3 Å². The normalized spacial score (nSPS) is 12.7. The number of rotatable bonds is 3. The molecule has 17 heavy (non-hydrogen) atoms. The fraction of sp³-hybridized carbons (Fsp3) is 0.286. The van der Waals surface area contributed by atoms with Crippen molar-refractivity contribution in [2.24, 2.45) is 0 Å². The molecule has 0 spiro atoms. The van der Waals surface area contributed by atoms with Gasteiger partial charge in [0.05, 0.1) is 4.83 Å². The summed E-state index contributed by atoms with van der Waals surface area (Å²) in [6, 6.07) is 9.72. The second-order valence-corrected chi connectivity index (χ2v) is 6.11. The molecule has 0 saturated carbocycles. The number of thiophene rings is 1. The van der Waals surface area contributed by atoms with Gasteiger partial charge in [0.1, 0.15) is 5.82 Å². The molecule has 1 unspecified atom stereocenters. The monoisotopic (exact) mass is 312 g/mol. The molecule has 90 valence electrons. The molecule has 1 atom stereocenters. The van der Waals surface area contributed by atoms with Crippen molar-refractivity contribution in [1.82, 2.24) is 0 Å². The van der Waals surface area contributed by atoms with Crippen LogP contribution in [0.4, 0.5) is 4.39 Å². The topological polar surface area (TPSA) is 0 Å². The maximum absolute atomic E-state index is 14.0. The predicted octanol–water partition coefficient (Wildman–Crippen LogP) is 5.24. The molecule has 0 fully saturated rings. The highest BCUT2D eigenvalue weighted by Gasteiger charge is 2.17. The number of halogens is 2. The van der Waals surface area contributed by atoms with Crippen molar-refractivity contribution in [2.45, 2.75) is 25.1 Å². The van der Waals surface area contributed by atoms with Gasteiger partial charge in [0.2, 0.25) is 0 Å². The molecule has 1 aromatic heterocycles. The molecule has 1 aromatic carbocycles. The third-order valence-electron chi connectivity index (χ3n) is 2.78. The van der Waals surface area contributed by atoms with Crippen molar-refractivity contribution in [3.63, 3.8) is 0 Å². The molecule has 3 heteroatoms. The van der Waals surface area contributed by atoms with Gasteiger partial charge in [-0.1, -0.05) is 41.1 Å². The van der Waals surface area contributed by atoms with E-state index in [1.165, 1.54) is 4.88 Å². The first kappa shape index (κ1) is 12.8. The fourth-order valence-corrected chi connectivity index (χ4v) is 3.48. The van der Waals surface area contributed by atoms with Crippen LogP contribution in [0, 0.1) is 12.7 Å². The highest BCUT2D eigenvalue weighted by atomic mass is 79.9. The van der Waals surface area contributed by atoms with Crippen LogP contribution in [0.1, 0.15) is 32.6 Å². The van der Waals surface area contributed by atoms with E-state index in [-0.39, 0.29) is 10.6 Å². The lowest BCUT2D eigenvalue weighted by atomic mass is 10.1. The number of alkyl halides is 1. The zero-order valence-electron chi connectivity index (χ0n) is 9.84. The quantitative estimate of drug-likeness (QED) is 0.680. The lowest BCUT2D eigenvalue weighted by molar-refractivity contribution is 0.605. The third kappa shape index (κ3) is 2.61. The second kappa shape index (κ2) is 5.32. The Morgan fingerprint density at radius 3 is 2.71 bits per heavy atom. The average Bonchev–Trinajstić information content (AvgIpc) is 2.80. The van der Waals surface area contributed by atoms with Gasteiger partial charge in [-0.15, -0.1) is 11.3 Å². The maximum Gasteiger partial charge on any atom is 0.130 e. The molecular formula is C14H14BrFS. The summed E-state index contributed by atoms with van der Waals surface area (Å²) < 4.78 is 14.0. The maximum atomic E-state index is 14.0. The van der Waals surface area contributed by atoms with Crippen LogP contribution >= 0.6 is 27.3 Å². The lowest BCUT2D eigenvalue weighted by Gasteiger charge is -2.10. The van der Waals surface area contributed by atoms with Crippen molar-refractivity contribution in [3.8, 4) is 0 Å². The van der Waals surface area contributed by atoms with E-state index in [2.05, 4.69) is 35.0 Å². The minimum atomic E-state index is -0.110. The summed E-state index contributed by atoms with van der Waals surface area (Å²) in [6.45, 7) is 3.93. The molecule has 0 amide bonds. The number of hydrogen-bond acceptors (Lipinski definition) is 1. The molecule has 0 radical (unpaired) electrons. The van der Waals surface area contributed by atoms with Crippen LogP contribution in [0.25, 0.3) is 0 Å². The van der Waals surface area contributed by atoms with Gasteiger partial charge in [-0.2, -0.15) is 0 Å². The van der Waals surface area contributed by atoms with E-state index in [4.69, 9.17) is 0 Å². The molecule has 1 heterocycles. The Labute approximate surface area is 114 Å². The Bertz CT molecular complexity index is 519. The van der Waals surface area contributed by atoms with E-state index in [9.17, 15) is 4.39 Å². The Hall–Kier alpha value is -0.670. The summed E-state index contributed by atoms with van der Waals surface area (Å²) >= 11 is 5.33. The van der Waals surface area contributed by atoms with Crippen molar-refractivity contribution in [3.05, 3.63) is 57.0 Å². The molecule has 0 bridgehead atoms. The van der Waals surface area contributed by atoms with Crippen molar-refractivity contribution in [2.75, 3.05) is 0 Å². The van der Waals surface area contributed by atoms with Gasteiger partial charge < -0.3 is 0 Å².